The third kappa shape index (κ3) is 3.34. The second-order valence-corrected chi connectivity index (χ2v) is 9.85. The summed E-state index contributed by atoms with van der Waals surface area (Å²) in [5, 5.41) is 0. The number of rotatable bonds is 5. The van der Waals surface area contributed by atoms with Crippen molar-refractivity contribution in [3.63, 3.8) is 0 Å². The molecule has 0 atom stereocenters. The first-order valence-electron chi connectivity index (χ1n) is 6.41. The van der Waals surface area contributed by atoms with Gasteiger partial charge < -0.3 is 0 Å². The summed E-state index contributed by atoms with van der Waals surface area (Å²) in [4.78, 5) is 0. The summed E-state index contributed by atoms with van der Waals surface area (Å²) in [7, 11) is -1.09. The van der Waals surface area contributed by atoms with Gasteiger partial charge in [0.05, 0.1) is 8.07 Å². The fourth-order valence-corrected chi connectivity index (χ4v) is 4.81. The van der Waals surface area contributed by atoms with Crippen LogP contribution in [0.15, 0.2) is 30.0 Å². The van der Waals surface area contributed by atoms with E-state index in [9.17, 15) is 0 Å². The van der Waals surface area contributed by atoms with Crippen molar-refractivity contribution >= 4 is 14.1 Å². The van der Waals surface area contributed by atoms with Crippen molar-refractivity contribution in [1.29, 1.82) is 0 Å². The van der Waals surface area contributed by atoms with Crippen molar-refractivity contribution in [1.82, 2.24) is 0 Å². The molecule has 0 aliphatic heterocycles. The maximum atomic E-state index is 2.54. The minimum atomic E-state index is -1.09. The van der Waals surface area contributed by atoms with Gasteiger partial charge in [0.2, 0.25) is 0 Å². The van der Waals surface area contributed by atoms with Crippen LogP contribution in [0.4, 0.5) is 0 Å². The highest BCUT2D eigenvalue weighted by molar-refractivity contribution is 6.84. The molecule has 0 heterocycles. The van der Waals surface area contributed by atoms with E-state index in [4.69, 9.17) is 0 Å². The molecular formula is C15H24Si. The van der Waals surface area contributed by atoms with Crippen LogP contribution < -0.4 is 0 Å². The predicted molar refractivity (Wildman–Crippen MR) is 77.4 cm³/mol. The van der Waals surface area contributed by atoms with Crippen LogP contribution in [0.5, 0.6) is 0 Å². The third-order valence-electron chi connectivity index (χ3n) is 3.82. The first-order valence-corrected chi connectivity index (χ1v) is 9.11. The molecule has 0 saturated heterocycles. The monoisotopic (exact) mass is 232 g/mol. The van der Waals surface area contributed by atoms with Gasteiger partial charge in [-0.2, -0.15) is 0 Å². The summed E-state index contributed by atoms with van der Waals surface area (Å²) >= 11 is 0. The van der Waals surface area contributed by atoms with Gasteiger partial charge in [0.25, 0.3) is 0 Å². The van der Waals surface area contributed by atoms with Crippen LogP contribution in [0.1, 0.15) is 31.9 Å². The van der Waals surface area contributed by atoms with Gasteiger partial charge in [-0.3, -0.25) is 0 Å². The van der Waals surface area contributed by atoms with Gasteiger partial charge in [-0.1, -0.05) is 80.5 Å². The van der Waals surface area contributed by atoms with Gasteiger partial charge in [-0.25, -0.2) is 0 Å². The van der Waals surface area contributed by atoms with E-state index in [0.29, 0.717) is 0 Å². The van der Waals surface area contributed by atoms with E-state index in [1.165, 1.54) is 29.3 Å². The zero-order chi connectivity index (χ0) is 12.0. The van der Waals surface area contributed by atoms with E-state index in [2.05, 4.69) is 63.7 Å². The molecular weight excluding hydrogens is 208 g/mol. The lowest BCUT2D eigenvalue weighted by atomic mass is 10.2. The highest BCUT2D eigenvalue weighted by Gasteiger charge is 2.22. The average Bonchev–Trinajstić information content (AvgIpc) is 2.34. The van der Waals surface area contributed by atoms with Gasteiger partial charge in [-0.05, 0) is 12.5 Å². The van der Waals surface area contributed by atoms with E-state index in [-0.39, 0.29) is 0 Å². The SMILES string of the molecule is CC[Si](/C=C/c1ccc(C)cc1)(CC)CC. The summed E-state index contributed by atoms with van der Waals surface area (Å²) in [5.41, 5.74) is 5.22. The lowest BCUT2D eigenvalue weighted by molar-refractivity contribution is 1.20. The molecule has 0 aliphatic carbocycles. The standard InChI is InChI=1S/C15H24Si/c1-5-16(6-2,7-3)13-12-15-10-8-14(4)9-11-15/h8-13H,5-7H2,1-4H3/b13-12+. The molecule has 0 amide bonds. The molecule has 0 nitrogen and oxygen atoms in total. The molecule has 1 rings (SSSR count). The number of hydrogen-bond donors (Lipinski definition) is 0. The Kier molecular flexibility index (Phi) is 5.00. The molecule has 0 unspecified atom stereocenters. The Morgan fingerprint density at radius 3 is 1.88 bits per heavy atom. The zero-order valence-corrected chi connectivity index (χ0v) is 12.1. The summed E-state index contributed by atoms with van der Waals surface area (Å²) in [6.07, 6.45) is 2.34. The van der Waals surface area contributed by atoms with E-state index in [0.717, 1.165) is 0 Å². The van der Waals surface area contributed by atoms with Gasteiger partial charge in [0, 0.05) is 0 Å². The highest BCUT2D eigenvalue weighted by atomic mass is 28.3. The van der Waals surface area contributed by atoms with E-state index in [1.54, 1.807) is 0 Å². The van der Waals surface area contributed by atoms with Gasteiger partial charge in [0.15, 0.2) is 0 Å². The lowest BCUT2D eigenvalue weighted by Gasteiger charge is -2.23. The minimum Gasteiger partial charge on any atom is -0.0936 e. The van der Waals surface area contributed by atoms with Crippen molar-refractivity contribution in [3.8, 4) is 0 Å². The second-order valence-electron chi connectivity index (χ2n) is 4.67. The van der Waals surface area contributed by atoms with Crippen LogP contribution in [-0.4, -0.2) is 8.07 Å². The summed E-state index contributed by atoms with van der Waals surface area (Å²) < 4.78 is 0. The largest absolute Gasteiger partial charge is 0.0936 e. The Bertz CT molecular complexity index is 323. The summed E-state index contributed by atoms with van der Waals surface area (Å²) in [6.45, 7) is 9.17. The van der Waals surface area contributed by atoms with Gasteiger partial charge in [-0.15, -0.1) is 0 Å². The number of aryl methyl sites for hydroxylation is 1. The van der Waals surface area contributed by atoms with Gasteiger partial charge >= 0.3 is 0 Å². The number of benzene rings is 1. The molecule has 0 radical (unpaired) electrons. The quantitative estimate of drug-likeness (QED) is 0.623. The fraction of sp³-hybridized carbons (Fsp3) is 0.467. The molecule has 88 valence electrons. The molecule has 1 heteroatoms. The molecule has 0 aliphatic rings. The third-order valence-corrected chi connectivity index (χ3v) is 8.92. The molecule has 0 aromatic heterocycles. The normalized spacial score (nSPS) is 12.2. The van der Waals surface area contributed by atoms with E-state index < -0.39 is 8.07 Å². The second kappa shape index (κ2) is 6.05. The maximum Gasteiger partial charge on any atom is 0.0770 e. The average molecular weight is 232 g/mol. The van der Waals surface area contributed by atoms with E-state index >= 15 is 0 Å². The molecule has 1 aromatic rings. The minimum absolute atomic E-state index is 1.09. The summed E-state index contributed by atoms with van der Waals surface area (Å²) in [6, 6.07) is 12.9. The Morgan fingerprint density at radius 2 is 1.44 bits per heavy atom. The molecule has 1 aromatic carbocycles. The Balaban J connectivity index is 2.82. The Labute approximate surface area is 101 Å². The zero-order valence-electron chi connectivity index (χ0n) is 11.1. The topological polar surface area (TPSA) is 0 Å². The molecule has 0 fully saturated rings. The van der Waals surface area contributed by atoms with Crippen molar-refractivity contribution < 1.29 is 0 Å². The van der Waals surface area contributed by atoms with Crippen molar-refractivity contribution in [3.05, 3.63) is 41.1 Å². The van der Waals surface area contributed by atoms with Crippen molar-refractivity contribution in [2.75, 3.05) is 0 Å². The van der Waals surface area contributed by atoms with Crippen LogP contribution >= 0.6 is 0 Å². The Hall–Kier alpha value is -0.823. The fourth-order valence-electron chi connectivity index (χ4n) is 2.05. The number of hydrogen-bond acceptors (Lipinski definition) is 0. The molecule has 0 saturated carbocycles. The van der Waals surface area contributed by atoms with Crippen LogP contribution in [-0.2, 0) is 0 Å². The lowest BCUT2D eigenvalue weighted by Crippen LogP contribution is -2.28. The highest BCUT2D eigenvalue weighted by Crippen LogP contribution is 2.22. The predicted octanol–water partition coefficient (Wildman–Crippen LogP) is 5.06. The van der Waals surface area contributed by atoms with E-state index in [1.807, 2.05) is 0 Å². The van der Waals surface area contributed by atoms with Crippen LogP contribution in [0.25, 0.3) is 6.08 Å². The molecule has 0 N–H and O–H groups in total. The van der Waals surface area contributed by atoms with Crippen molar-refractivity contribution in [2.24, 2.45) is 0 Å². The molecule has 0 bridgehead atoms. The van der Waals surface area contributed by atoms with Crippen LogP contribution in [0.3, 0.4) is 0 Å². The summed E-state index contributed by atoms with van der Waals surface area (Å²) in [5.74, 6) is 0. The molecule has 0 spiro atoms. The smallest absolute Gasteiger partial charge is 0.0770 e. The first kappa shape index (κ1) is 13.2. The Morgan fingerprint density at radius 1 is 0.938 bits per heavy atom. The van der Waals surface area contributed by atoms with Gasteiger partial charge in [0.1, 0.15) is 0 Å². The maximum absolute atomic E-state index is 2.54. The van der Waals surface area contributed by atoms with Crippen molar-refractivity contribution in [2.45, 2.75) is 45.8 Å². The van der Waals surface area contributed by atoms with Crippen LogP contribution in [0, 0.1) is 6.92 Å². The molecule has 16 heavy (non-hydrogen) atoms. The van der Waals surface area contributed by atoms with Crippen LogP contribution in [0.2, 0.25) is 18.1 Å². The first-order chi connectivity index (χ1) is 7.65.